The summed E-state index contributed by atoms with van der Waals surface area (Å²) in [6.45, 7) is -0.251. The fraction of sp³-hybridized carbons (Fsp3) is 0.176. The molecule has 0 bridgehead atoms. The molecule has 0 aliphatic carbocycles. The van der Waals surface area contributed by atoms with E-state index in [0.29, 0.717) is 5.82 Å². The van der Waals surface area contributed by atoms with Crippen LogP contribution in [-0.2, 0) is 11.3 Å². The van der Waals surface area contributed by atoms with Gasteiger partial charge in [-0.05, 0) is 10.8 Å². The van der Waals surface area contributed by atoms with Gasteiger partial charge in [-0.2, -0.15) is 4.80 Å². The Morgan fingerprint density at radius 2 is 1.75 bits per heavy atom. The summed E-state index contributed by atoms with van der Waals surface area (Å²) in [6.07, 6.45) is 0. The molecule has 0 aliphatic heterocycles. The van der Waals surface area contributed by atoms with Gasteiger partial charge in [0.25, 0.3) is 0 Å². The number of aromatic nitrogens is 4. The summed E-state index contributed by atoms with van der Waals surface area (Å²) in [7, 11) is 0. The maximum atomic E-state index is 12.2. The molecular formula is C17H17N5O2. The van der Waals surface area contributed by atoms with E-state index in [0.717, 1.165) is 11.1 Å². The van der Waals surface area contributed by atoms with Gasteiger partial charge in [-0.3, -0.25) is 4.79 Å². The van der Waals surface area contributed by atoms with E-state index >= 15 is 0 Å². The van der Waals surface area contributed by atoms with Gasteiger partial charge in [-0.25, -0.2) is 0 Å². The molecule has 2 N–H and O–H groups in total. The monoisotopic (exact) mass is 323 g/mol. The summed E-state index contributed by atoms with van der Waals surface area (Å²) in [5, 5.41) is 24.3. The summed E-state index contributed by atoms with van der Waals surface area (Å²) in [6, 6.07) is 18.2. The first-order chi connectivity index (χ1) is 11.8. The van der Waals surface area contributed by atoms with Crippen LogP contribution in [0, 0.1) is 0 Å². The van der Waals surface area contributed by atoms with Gasteiger partial charge < -0.3 is 10.4 Å². The van der Waals surface area contributed by atoms with Crippen LogP contribution in [0.2, 0.25) is 0 Å². The smallest absolute Gasteiger partial charge is 0.244 e. The number of amides is 1. The van der Waals surface area contributed by atoms with Gasteiger partial charge in [0.2, 0.25) is 11.7 Å². The summed E-state index contributed by atoms with van der Waals surface area (Å²) >= 11 is 0. The molecule has 7 heteroatoms. The van der Waals surface area contributed by atoms with Crippen LogP contribution in [0.1, 0.15) is 11.6 Å². The molecule has 1 aromatic heterocycles. The molecule has 0 unspecified atom stereocenters. The summed E-state index contributed by atoms with van der Waals surface area (Å²) in [4.78, 5) is 13.4. The number of carbonyl (C=O) groups is 1. The normalized spacial score (nSPS) is 11.9. The number of carbonyl (C=O) groups excluding carboxylic acids is 1. The van der Waals surface area contributed by atoms with Gasteiger partial charge in [-0.15, -0.1) is 10.2 Å². The lowest BCUT2D eigenvalue weighted by molar-refractivity contribution is -0.123. The van der Waals surface area contributed by atoms with Crippen LogP contribution in [0.25, 0.3) is 11.4 Å². The second-order valence-corrected chi connectivity index (χ2v) is 5.22. The predicted octanol–water partition coefficient (Wildman–Crippen LogP) is 1.19. The molecule has 1 amide bonds. The van der Waals surface area contributed by atoms with E-state index in [1.807, 2.05) is 60.7 Å². The standard InChI is InChI=1S/C17H17N5O2/c23-12-15(13-7-3-1-4-8-13)18-16(24)11-22-20-17(19-21-22)14-9-5-2-6-10-14/h1-10,15,23H,11-12H2,(H,18,24)/t15-/m1/s1. The van der Waals surface area contributed by atoms with Crippen molar-refractivity contribution < 1.29 is 9.90 Å². The van der Waals surface area contributed by atoms with E-state index < -0.39 is 6.04 Å². The summed E-state index contributed by atoms with van der Waals surface area (Å²) in [5.41, 5.74) is 1.67. The van der Waals surface area contributed by atoms with Crippen LogP contribution in [0.5, 0.6) is 0 Å². The molecular weight excluding hydrogens is 306 g/mol. The maximum absolute atomic E-state index is 12.2. The number of aliphatic hydroxyl groups is 1. The number of nitrogens with one attached hydrogen (secondary N) is 1. The lowest BCUT2D eigenvalue weighted by Gasteiger charge is -2.16. The van der Waals surface area contributed by atoms with Gasteiger partial charge >= 0.3 is 0 Å². The second-order valence-electron chi connectivity index (χ2n) is 5.22. The van der Waals surface area contributed by atoms with Gasteiger partial charge in [-0.1, -0.05) is 60.7 Å². The third-order valence-electron chi connectivity index (χ3n) is 3.49. The van der Waals surface area contributed by atoms with Gasteiger partial charge in [0, 0.05) is 5.56 Å². The Balaban J connectivity index is 1.64. The highest BCUT2D eigenvalue weighted by molar-refractivity contribution is 5.76. The van der Waals surface area contributed by atoms with Crippen molar-refractivity contribution in [3.63, 3.8) is 0 Å². The zero-order chi connectivity index (χ0) is 16.8. The number of nitrogens with zero attached hydrogens (tertiary/aromatic N) is 4. The van der Waals surface area contributed by atoms with Crippen LogP contribution in [0.15, 0.2) is 60.7 Å². The third-order valence-corrected chi connectivity index (χ3v) is 3.49. The number of benzene rings is 2. The highest BCUT2D eigenvalue weighted by Gasteiger charge is 2.15. The van der Waals surface area contributed by atoms with Crippen LogP contribution in [-0.4, -0.2) is 37.8 Å². The molecule has 122 valence electrons. The Morgan fingerprint density at radius 3 is 2.42 bits per heavy atom. The average Bonchev–Trinajstić information content (AvgIpc) is 3.09. The lowest BCUT2D eigenvalue weighted by Crippen LogP contribution is -2.34. The SMILES string of the molecule is O=C(Cn1nnc(-c2ccccc2)n1)N[C@H](CO)c1ccccc1. The molecule has 3 aromatic rings. The van der Waals surface area contributed by atoms with Crippen molar-refractivity contribution in [3.05, 3.63) is 66.2 Å². The minimum atomic E-state index is -0.462. The first kappa shape index (κ1) is 15.8. The first-order valence-electron chi connectivity index (χ1n) is 7.54. The zero-order valence-electron chi connectivity index (χ0n) is 12.9. The first-order valence-corrected chi connectivity index (χ1v) is 7.54. The van der Waals surface area contributed by atoms with Crippen molar-refractivity contribution in [1.29, 1.82) is 0 Å². The highest BCUT2D eigenvalue weighted by atomic mass is 16.3. The van der Waals surface area contributed by atoms with Gasteiger partial charge in [0.05, 0.1) is 12.6 Å². The highest BCUT2D eigenvalue weighted by Crippen LogP contribution is 2.13. The quantitative estimate of drug-likeness (QED) is 0.711. The Hall–Kier alpha value is -3.06. The van der Waals surface area contributed by atoms with Crippen molar-refractivity contribution in [2.45, 2.75) is 12.6 Å². The van der Waals surface area contributed by atoms with E-state index in [1.165, 1.54) is 4.80 Å². The van der Waals surface area contributed by atoms with Crippen molar-refractivity contribution in [2.75, 3.05) is 6.61 Å². The molecule has 0 saturated heterocycles. The Kier molecular flexibility index (Phi) is 4.93. The van der Waals surface area contributed by atoms with E-state index in [2.05, 4.69) is 20.7 Å². The largest absolute Gasteiger partial charge is 0.394 e. The van der Waals surface area contributed by atoms with Crippen molar-refractivity contribution in [3.8, 4) is 11.4 Å². The lowest BCUT2D eigenvalue weighted by atomic mass is 10.1. The minimum Gasteiger partial charge on any atom is -0.394 e. The second kappa shape index (κ2) is 7.47. The van der Waals surface area contributed by atoms with Gasteiger partial charge in [0.15, 0.2) is 0 Å². The average molecular weight is 323 g/mol. The summed E-state index contributed by atoms with van der Waals surface area (Å²) in [5.74, 6) is 0.167. The fourth-order valence-corrected chi connectivity index (χ4v) is 2.30. The van der Waals surface area contributed by atoms with Crippen LogP contribution >= 0.6 is 0 Å². The number of hydrogen-bond donors (Lipinski definition) is 2. The van der Waals surface area contributed by atoms with Crippen molar-refractivity contribution in [1.82, 2.24) is 25.5 Å². The zero-order valence-corrected chi connectivity index (χ0v) is 12.9. The van der Waals surface area contributed by atoms with E-state index in [4.69, 9.17) is 0 Å². The number of aliphatic hydroxyl groups excluding tert-OH is 1. The van der Waals surface area contributed by atoms with E-state index in [-0.39, 0.29) is 19.1 Å². The summed E-state index contributed by atoms with van der Waals surface area (Å²) < 4.78 is 0. The van der Waals surface area contributed by atoms with Crippen molar-refractivity contribution in [2.24, 2.45) is 0 Å². The van der Waals surface area contributed by atoms with E-state index in [9.17, 15) is 9.90 Å². The molecule has 3 rings (SSSR count). The maximum Gasteiger partial charge on any atom is 0.244 e. The Labute approximate surface area is 138 Å². The molecule has 2 aromatic carbocycles. The predicted molar refractivity (Wildman–Crippen MR) is 87.7 cm³/mol. The van der Waals surface area contributed by atoms with Crippen LogP contribution < -0.4 is 5.32 Å². The third kappa shape index (κ3) is 3.82. The Bertz CT molecular complexity index is 789. The molecule has 1 atom stereocenters. The molecule has 0 spiro atoms. The number of hydrogen-bond acceptors (Lipinski definition) is 5. The van der Waals surface area contributed by atoms with Crippen molar-refractivity contribution >= 4 is 5.91 Å². The molecule has 0 radical (unpaired) electrons. The molecule has 0 fully saturated rings. The van der Waals surface area contributed by atoms with Crippen LogP contribution in [0.4, 0.5) is 0 Å². The number of rotatable bonds is 6. The van der Waals surface area contributed by atoms with E-state index in [1.54, 1.807) is 0 Å². The van der Waals surface area contributed by atoms with Gasteiger partial charge in [0.1, 0.15) is 6.54 Å². The molecule has 0 saturated carbocycles. The Morgan fingerprint density at radius 1 is 1.08 bits per heavy atom. The number of tetrazole rings is 1. The minimum absolute atomic E-state index is 0.0663. The molecule has 24 heavy (non-hydrogen) atoms. The fourth-order valence-electron chi connectivity index (χ4n) is 2.30. The van der Waals surface area contributed by atoms with Crippen LogP contribution in [0.3, 0.4) is 0 Å². The molecule has 0 aliphatic rings. The molecule has 1 heterocycles. The molecule has 7 nitrogen and oxygen atoms in total. The topological polar surface area (TPSA) is 92.9 Å².